The molecule has 0 aromatic heterocycles. The van der Waals surface area contributed by atoms with Gasteiger partial charge < -0.3 is 173 Å². The van der Waals surface area contributed by atoms with Crippen molar-refractivity contribution in [1.82, 2.24) is 37.2 Å². The Morgan fingerprint density at radius 2 is 0.490 bits per heavy atom. The fourth-order valence-corrected chi connectivity index (χ4v) is 13.0. The van der Waals surface area contributed by atoms with Crippen LogP contribution in [0.25, 0.3) is 0 Å². The summed E-state index contributed by atoms with van der Waals surface area (Å²) >= 11 is 0. The van der Waals surface area contributed by atoms with Crippen molar-refractivity contribution in [3.05, 3.63) is 339 Å². The van der Waals surface area contributed by atoms with Gasteiger partial charge in [0.1, 0.15) is 74.6 Å². The molecule has 0 unspecified atom stereocenters. The van der Waals surface area contributed by atoms with Gasteiger partial charge in [0.25, 0.3) is 41.4 Å². The van der Waals surface area contributed by atoms with E-state index in [1.807, 2.05) is 6.92 Å². The number of para-hydroxylation sites is 1. The number of rotatable bonds is 30. The Morgan fingerprint density at radius 1 is 0.235 bits per heavy atom. The second kappa shape index (κ2) is 57.9. The minimum Gasteiger partial charge on any atom is -0.872 e. The molecule has 776 valence electrons. The van der Waals surface area contributed by atoms with Crippen LogP contribution in [-0.4, -0.2) is 194 Å². The molecule has 0 aliphatic rings. The summed E-state index contributed by atoms with van der Waals surface area (Å²) in [7, 11) is 8.66. The molecule has 14 aromatic rings. The number of hydrogen-bond acceptors (Lipinski definition) is 34. The van der Waals surface area contributed by atoms with Crippen LogP contribution in [0.1, 0.15) is 118 Å². The molecule has 0 aliphatic heterocycles. The molecule has 0 saturated heterocycles. The van der Waals surface area contributed by atoms with E-state index in [0.29, 0.717) is 77.3 Å². The normalized spacial score (nSPS) is 10.1. The number of hydrogen-bond donors (Lipinski definition) is 26. The standard InChI is InChI=1S/2C16H17NO5.C15H15NO6.2C15H15NO5.2C15H15NO4.Na/c1-22-15-8-10(2-5-13(15)19)6-7-17-16(21)12-4-3-11(18)9-14(12)20;1-2-22-15-7-10(3-6-13(15)19)9-17-16(21)12-5-4-11(18)8-14(12)20;1-22-13-4-8(2-3-10(13)18)7-16-15(21)14-11(19)5-9(17)6-12(14)20;2*1-21-14-6-9(2-5-12(14)18)8-16-15(20)11-4-3-10(17)7-13(11)19;1-20-14-8-10(2-7-13(14)18)9-16-15(19)11-3-5-12(17)6-4-11;1-20-14-8-10(6-7-13(14)18)9-16-15(19)11-4-2-3-5-12(11)17;/h2-5,8-9,18-20H,6-7H2,1H3,(H,17,21);3-8,18-20H,2,9H2,1H3,(H,17,21);2-6,17-20H,7H2,1H3,(H,16,21);2*2-7,17-19H,8H2,1H3,(H,16,20);2*2-8,17-18H,9H2,1H3,(H,16,19);/q;;;;;;;+1/p-1. The fraction of sp³-hybridized carbons (Fsp3) is 0.150. The topological polar surface area (TPSA) is 676 Å². The second-order valence-corrected chi connectivity index (χ2v) is 31.1. The Hall–Kier alpha value is -19.0. The molecule has 42 heteroatoms. The molecule has 0 fully saturated rings. The van der Waals surface area contributed by atoms with Crippen LogP contribution in [0, 0.1) is 0 Å². The van der Waals surface area contributed by atoms with E-state index < -0.39 is 46.8 Å². The predicted octanol–water partition coefficient (Wildman–Crippen LogP) is 9.29. The summed E-state index contributed by atoms with van der Waals surface area (Å²) in [6, 6.07) is 62.5. The summed E-state index contributed by atoms with van der Waals surface area (Å²) < 4.78 is 35.2. The quantitative estimate of drug-likeness (QED) is 0.0186. The van der Waals surface area contributed by atoms with E-state index in [4.69, 9.17) is 43.4 Å². The van der Waals surface area contributed by atoms with E-state index in [9.17, 15) is 125 Å². The maximum atomic E-state index is 12.0. The molecule has 0 spiro atoms. The van der Waals surface area contributed by atoms with E-state index in [0.717, 1.165) is 64.2 Å². The average Bonchev–Trinajstić information content (AvgIpc) is 0.822. The third-order valence-electron chi connectivity index (χ3n) is 20.7. The van der Waals surface area contributed by atoms with Gasteiger partial charge in [-0.2, -0.15) is 0 Å². The van der Waals surface area contributed by atoms with Crippen LogP contribution >= 0.6 is 0 Å². The van der Waals surface area contributed by atoms with Crippen molar-refractivity contribution in [1.29, 1.82) is 0 Å². The molecule has 14 aromatic carbocycles. The molecular weight excluding hydrogens is 1950 g/mol. The van der Waals surface area contributed by atoms with Crippen molar-refractivity contribution in [2.24, 2.45) is 0 Å². The number of benzene rings is 14. The summed E-state index contributed by atoms with van der Waals surface area (Å²) in [6.07, 6.45) is 0.543. The van der Waals surface area contributed by atoms with E-state index in [1.165, 1.54) is 152 Å². The number of phenols is 19. The van der Waals surface area contributed by atoms with Gasteiger partial charge in [-0.05, 0) is 228 Å². The summed E-state index contributed by atoms with van der Waals surface area (Å²) in [4.78, 5) is 83.5. The summed E-state index contributed by atoms with van der Waals surface area (Å²) in [5.74, 6) is -3.99. The number of methoxy groups -OCH3 is 6. The third kappa shape index (κ3) is 36.1. The molecule has 14 rings (SSSR count). The third-order valence-corrected chi connectivity index (χ3v) is 20.7. The Labute approximate surface area is 874 Å². The monoisotopic (exact) mass is 2060 g/mol. The molecule has 0 aliphatic carbocycles. The SMILES string of the molecule is CCOc1cc(CNC(=O)c2ccc(O)cc2O)ccc1O.COc1cc(CCNC(=O)c2ccc(O)cc2O)ccc1O.COc1cc(CNC(=O)c2c(O)cc(O)cc2O)ccc1O.COc1cc(CNC(=O)c2ccc(O)cc2)ccc1O.COc1cc(CNC(=O)c2ccc(O)cc2O)ccc1O.COc1cc(CNC(=O)c2ccc(O)cc2[O-])ccc1O.COc1cc(CNC(=O)c2ccccc2O)ccc1O.[Na+]. The largest absolute Gasteiger partial charge is 1.00 e. The number of amides is 7. The Balaban J connectivity index is 0.000000235. The number of ether oxygens (including phenoxy) is 7. The van der Waals surface area contributed by atoms with Crippen molar-refractivity contribution in [3.63, 3.8) is 0 Å². The van der Waals surface area contributed by atoms with Crippen molar-refractivity contribution >= 4 is 41.4 Å². The van der Waals surface area contributed by atoms with Gasteiger partial charge in [-0.3, -0.25) is 33.6 Å². The zero-order chi connectivity index (χ0) is 108. The van der Waals surface area contributed by atoms with Gasteiger partial charge >= 0.3 is 29.6 Å². The second-order valence-electron chi connectivity index (χ2n) is 31.1. The first-order valence-electron chi connectivity index (χ1n) is 44.1. The maximum absolute atomic E-state index is 12.0. The molecule has 0 saturated carbocycles. The van der Waals surface area contributed by atoms with Gasteiger partial charge in [0.15, 0.2) is 80.5 Å². The molecule has 7 amide bonds. The molecule has 0 radical (unpaired) electrons. The van der Waals surface area contributed by atoms with Crippen LogP contribution < -0.4 is 105 Å². The molecule has 149 heavy (non-hydrogen) atoms. The Morgan fingerprint density at radius 3 is 0.805 bits per heavy atom. The maximum Gasteiger partial charge on any atom is 1.00 e. The zero-order valence-corrected chi connectivity index (χ0v) is 83.3. The summed E-state index contributed by atoms with van der Waals surface area (Å²) in [6.45, 7) is 3.85. The molecule has 0 bridgehead atoms. The van der Waals surface area contributed by atoms with Gasteiger partial charge in [-0.1, -0.05) is 60.3 Å². The van der Waals surface area contributed by atoms with Crippen LogP contribution in [0.2, 0.25) is 0 Å². The van der Waals surface area contributed by atoms with E-state index in [-0.39, 0.29) is 211 Å². The van der Waals surface area contributed by atoms with Crippen LogP contribution in [0.3, 0.4) is 0 Å². The Kier molecular flexibility index (Phi) is 45.4. The van der Waals surface area contributed by atoms with Crippen LogP contribution in [0.15, 0.2) is 261 Å². The number of carbonyl (C=O) groups excluding carboxylic acids is 7. The van der Waals surface area contributed by atoms with Gasteiger partial charge in [-0.15, -0.1) is 0 Å². The van der Waals surface area contributed by atoms with E-state index in [1.54, 1.807) is 115 Å². The predicted molar refractivity (Wildman–Crippen MR) is 535 cm³/mol. The summed E-state index contributed by atoms with van der Waals surface area (Å²) in [5.41, 5.74) is 5.88. The summed E-state index contributed by atoms with van der Waals surface area (Å²) in [5, 5.41) is 209. The average molecular weight is 2060 g/mol. The molecule has 41 nitrogen and oxygen atoms in total. The molecular formula is C107H108N7NaO34. The number of phenolic OH excluding ortho intramolecular Hbond substituents is 19. The van der Waals surface area contributed by atoms with Crippen molar-refractivity contribution in [3.8, 4) is 155 Å². The molecule has 0 atom stereocenters. The van der Waals surface area contributed by atoms with E-state index >= 15 is 0 Å². The number of nitrogens with one attached hydrogen (secondary N) is 7. The molecule has 26 N–H and O–H groups in total. The van der Waals surface area contributed by atoms with Gasteiger partial charge in [-0.25, -0.2) is 0 Å². The minimum atomic E-state index is -0.706. The first-order chi connectivity index (χ1) is 70.7. The Bertz CT molecular complexity index is 6810. The van der Waals surface area contributed by atoms with Crippen LogP contribution in [0.5, 0.6) is 155 Å². The van der Waals surface area contributed by atoms with Crippen molar-refractivity contribution in [2.75, 3.05) is 55.8 Å². The number of aromatic hydroxyl groups is 19. The number of carbonyl (C=O) groups is 7. The van der Waals surface area contributed by atoms with Crippen LogP contribution in [0.4, 0.5) is 0 Å². The van der Waals surface area contributed by atoms with E-state index in [2.05, 4.69) is 37.2 Å². The molecule has 0 heterocycles. The van der Waals surface area contributed by atoms with Gasteiger partial charge in [0.05, 0.1) is 71.5 Å². The van der Waals surface area contributed by atoms with Gasteiger partial charge in [0, 0.05) is 87.3 Å². The zero-order valence-electron chi connectivity index (χ0n) is 81.3. The van der Waals surface area contributed by atoms with Gasteiger partial charge in [0.2, 0.25) is 0 Å². The fourth-order valence-electron chi connectivity index (χ4n) is 13.0. The van der Waals surface area contributed by atoms with Crippen molar-refractivity contribution in [2.45, 2.75) is 52.6 Å². The first kappa shape index (κ1) is 117. The van der Waals surface area contributed by atoms with Crippen LogP contribution in [-0.2, 0) is 45.7 Å². The minimum absolute atomic E-state index is 0. The van der Waals surface area contributed by atoms with Crippen molar-refractivity contribution < 1.29 is 198 Å². The smallest absolute Gasteiger partial charge is 0.872 e. The first-order valence-corrected chi connectivity index (χ1v) is 44.1.